The molecule has 15 heavy (non-hydrogen) atoms. The van der Waals surface area contributed by atoms with Gasteiger partial charge in [0, 0.05) is 0 Å². The highest BCUT2D eigenvalue weighted by molar-refractivity contribution is 5.34. The maximum absolute atomic E-state index is 3.95. The summed E-state index contributed by atoms with van der Waals surface area (Å²) in [4.78, 5) is 0. The molecule has 0 bridgehead atoms. The lowest BCUT2D eigenvalue weighted by Gasteiger charge is -2.09. The van der Waals surface area contributed by atoms with Crippen molar-refractivity contribution in [1.82, 2.24) is 15.0 Å². The standard InChI is InChI=1S/C12H15N3/c1-3-10(2)11-4-6-12(7-5-11)15-9-8-13-14-15/h4-10H,3H2,1-2H3. The first-order valence-electron chi connectivity index (χ1n) is 5.28. The van der Waals surface area contributed by atoms with Gasteiger partial charge in [-0.05, 0) is 30.0 Å². The van der Waals surface area contributed by atoms with Crippen LogP contribution in [0.15, 0.2) is 36.7 Å². The monoisotopic (exact) mass is 201 g/mol. The van der Waals surface area contributed by atoms with E-state index in [4.69, 9.17) is 0 Å². The number of rotatable bonds is 3. The van der Waals surface area contributed by atoms with Crippen LogP contribution in [0.25, 0.3) is 5.69 Å². The second kappa shape index (κ2) is 4.26. The van der Waals surface area contributed by atoms with E-state index in [2.05, 4.69) is 48.4 Å². The van der Waals surface area contributed by atoms with Gasteiger partial charge in [-0.2, -0.15) is 0 Å². The summed E-state index contributed by atoms with van der Waals surface area (Å²) >= 11 is 0. The van der Waals surface area contributed by atoms with Crippen molar-refractivity contribution >= 4 is 0 Å². The van der Waals surface area contributed by atoms with E-state index in [1.54, 1.807) is 10.9 Å². The average Bonchev–Trinajstić information content (AvgIpc) is 2.82. The second-order valence-corrected chi connectivity index (χ2v) is 3.75. The van der Waals surface area contributed by atoms with Gasteiger partial charge in [0.2, 0.25) is 0 Å². The van der Waals surface area contributed by atoms with Crippen molar-refractivity contribution < 1.29 is 0 Å². The van der Waals surface area contributed by atoms with E-state index in [1.165, 1.54) is 12.0 Å². The zero-order valence-electron chi connectivity index (χ0n) is 9.09. The largest absolute Gasteiger partial charge is 0.221 e. The molecule has 1 aromatic heterocycles. The van der Waals surface area contributed by atoms with Crippen LogP contribution in [0.3, 0.4) is 0 Å². The Morgan fingerprint density at radius 3 is 2.53 bits per heavy atom. The summed E-state index contributed by atoms with van der Waals surface area (Å²) < 4.78 is 1.76. The SMILES string of the molecule is CCC(C)c1ccc(-n2ccnn2)cc1. The molecule has 0 aliphatic heterocycles. The van der Waals surface area contributed by atoms with E-state index < -0.39 is 0 Å². The summed E-state index contributed by atoms with van der Waals surface area (Å²) in [6.45, 7) is 4.44. The highest BCUT2D eigenvalue weighted by atomic mass is 15.4. The minimum absolute atomic E-state index is 0.620. The highest BCUT2D eigenvalue weighted by Gasteiger charge is 2.03. The molecule has 0 saturated carbocycles. The Morgan fingerprint density at radius 1 is 1.27 bits per heavy atom. The molecule has 3 heteroatoms. The average molecular weight is 201 g/mol. The fourth-order valence-electron chi connectivity index (χ4n) is 1.54. The van der Waals surface area contributed by atoms with Gasteiger partial charge in [-0.3, -0.25) is 0 Å². The van der Waals surface area contributed by atoms with Gasteiger partial charge in [-0.15, -0.1) is 5.10 Å². The molecule has 78 valence electrons. The predicted octanol–water partition coefficient (Wildman–Crippen LogP) is 2.78. The van der Waals surface area contributed by atoms with Gasteiger partial charge >= 0.3 is 0 Å². The van der Waals surface area contributed by atoms with Crippen molar-refractivity contribution in [2.24, 2.45) is 0 Å². The zero-order chi connectivity index (χ0) is 10.7. The lowest BCUT2D eigenvalue weighted by atomic mass is 9.99. The normalized spacial score (nSPS) is 12.7. The molecule has 0 saturated heterocycles. The molecule has 3 nitrogen and oxygen atoms in total. The summed E-state index contributed by atoms with van der Waals surface area (Å²) in [6.07, 6.45) is 4.70. The molecule has 2 aromatic rings. The molecule has 1 heterocycles. The number of aromatic nitrogens is 3. The van der Waals surface area contributed by atoms with Gasteiger partial charge in [0.1, 0.15) is 0 Å². The third-order valence-electron chi connectivity index (χ3n) is 2.76. The Balaban J connectivity index is 2.25. The van der Waals surface area contributed by atoms with Gasteiger partial charge in [0.15, 0.2) is 0 Å². The van der Waals surface area contributed by atoms with E-state index in [9.17, 15) is 0 Å². The first-order chi connectivity index (χ1) is 7.31. The molecular weight excluding hydrogens is 186 g/mol. The maximum atomic E-state index is 3.95. The molecule has 0 spiro atoms. The summed E-state index contributed by atoms with van der Waals surface area (Å²) in [5.41, 5.74) is 2.43. The Kier molecular flexibility index (Phi) is 2.81. The fourth-order valence-corrected chi connectivity index (χ4v) is 1.54. The first kappa shape index (κ1) is 9.90. The lowest BCUT2D eigenvalue weighted by Crippen LogP contribution is -1.96. The predicted molar refractivity (Wildman–Crippen MR) is 60.1 cm³/mol. The molecular formula is C12H15N3. The molecule has 0 aliphatic carbocycles. The molecule has 0 amide bonds. The van der Waals surface area contributed by atoms with Gasteiger partial charge in [-0.1, -0.05) is 31.2 Å². The van der Waals surface area contributed by atoms with Crippen LogP contribution in [0.2, 0.25) is 0 Å². The summed E-state index contributed by atoms with van der Waals surface area (Å²) in [5.74, 6) is 0.620. The quantitative estimate of drug-likeness (QED) is 0.764. The molecule has 2 rings (SSSR count). The van der Waals surface area contributed by atoms with Crippen molar-refractivity contribution in [3.8, 4) is 5.69 Å². The van der Waals surface area contributed by atoms with Crippen LogP contribution in [0.1, 0.15) is 31.7 Å². The Hall–Kier alpha value is -1.64. The van der Waals surface area contributed by atoms with Gasteiger partial charge in [0.25, 0.3) is 0 Å². The third-order valence-corrected chi connectivity index (χ3v) is 2.76. The van der Waals surface area contributed by atoms with Crippen molar-refractivity contribution in [1.29, 1.82) is 0 Å². The van der Waals surface area contributed by atoms with Crippen molar-refractivity contribution in [3.63, 3.8) is 0 Å². The Labute approximate surface area is 89.7 Å². The first-order valence-corrected chi connectivity index (χ1v) is 5.28. The third kappa shape index (κ3) is 2.06. The molecule has 1 unspecified atom stereocenters. The topological polar surface area (TPSA) is 30.7 Å². The highest BCUT2D eigenvalue weighted by Crippen LogP contribution is 2.19. The summed E-state index contributed by atoms with van der Waals surface area (Å²) in [6, 6.07) is 8.47. The smallest absolute Gasteiger partial charge is 0.0697 e. The molecule has 0 fully saturated rings. The van der Waals surface area contributed by atoms with Crippen molar-refractivity contribution in [3.05, 3.63) is 42.2 Å². The summed E-state index contributed by atoms with van der Waals surface area (Å²) in [5, 5.41) is 7.73. The summed E-state index contributed by atoms with van der Waals surface area (Å²) in [7, 11) is 0. The zero-order valence-corrected chi connectivity index (χ0v) is 9.09. The van der Waals surface area contributed by atoms with Crippen LogP contribution in [-0.2, 0) is 0 Å². The van der Waals surface area contributed by atoms with E-state index in [-0.39, 0.29) is 0 Å². The van der Waals surface area contributed by atoms with Crippen LogP contribution in [0, 0.1) is 0 Å². The van der Waals surface area contributed by atoms with Crippen LogP contribution < -0.4 is 0 Å². The van der Waals surface area contributed by atoms with Crippen molar-refractivity contribution in [2.75, 3.05) is 0 Å². The van der Waals surface area contributed by atoms with Gasteiger partial charge < -0.3 is 0 Å². The molecule has 0 N–H and O–H groups in total. The van der Waals surface area contributed by atoms with Crippen LogP contribution in [0.4, 0.5) is 0 Å². The lowest BCUT2D eigenvalue weighted by molar-refractivity contribution is 0.732. The molecule has 1 atom stereocenters. The number of hydrogen-bond acceptors (Lipinski definition) is 2. The maximum Gasteiger partial charge on any atom is 0.0697 e. The Morgan fingerprint density at radius 2 is 2.00 bits per heavy atom. The van der Waals surface area contributed by atoms with E-state index in [0.717, 1.165) is 5.69 Å². The molecule has 1 aromatic carbocycles. The van der Waals surface area contributed by atoms with Crippen LogP contribution >= 0.6 is 0 Å². The number of hydrogen-bond donors (Lipinski definition) is 0. The Bertz CT molecular complexity index is 403. The van der Waals surface area contributed by atoms with E-state index in [1.807, 2.05) is 6.20 Å². The fraction of sp³-hybridized carbons (Fsp3) is 0.333. The van der Waals surface area contributed by atoms with E-state index in [0.29, 0.717) is 5.92 Å². The minimum atomic E-state index is 0.620. The molecule has 0 radical (unpaired) electrons. The van der Waals surface area contributed by atoms with E-state index >= 15 is 0 Å². The number of nitrogens with zero attached hydrogens (tertiary/aromatic N) is 3. The number of benzene rings is 1. The van der Waals surface area contributed by atoms with Crippen LogP contribution in [-0.4, -0.2) is 15.0 Å². The minimum Gasteiger partial charge on any atom is -0.221 e. The molecule has 0 aliphatic rings. The van der Waals surface area contributed by atoms with Crippen molar-refractivity contribution in [2.45, 2.75) is 26.2 Å². The van der Waals surface area contributed by atoms with Crippen LogP contribution in [0.5, 0.6) is 0 Å². The van der Waals surface area contributed by atoms with Gasteiger partial charge in [0.05, 0.1) is 18.1 Å². The second-order valence-electron chi connectivity index (χ2n) is 3.75. The van der Waals surface area contributed by atoms with Gasteiger partial charge in [-0.25, -0.2) is 4.68 Å².